The highest BCUT2D eigenvalue weighted by atomic mass is 16.5. The van der Waals surface area contributed by atoms with Crippen LogP contribution >= 0.6 is 0 Å². The largest absolute Gasteiger partial charge is 0.491 e. The highest BCUT2D eigenvalue weighted by Gasteiger charge is 2.34. The van der Waals surface area contributed by atoms with Crippen LogP contribution in [0, 0.1) is 0 Å². The number of benzene rings is 1. The second kappa shape index (κ2) is 8.85. The van der Waals surface area contributed by atoms with Crippen LogP contribution in [-0.4, -0.2) is 53.2 Å². The molecule has 1 aromatic carbocycles. The minimum absolute atomic E-state index is 0.0550. The number of hydrogen-bond acceptors (Lipinski definition) is 4. The lowest BCUT2D eigenvalue weighted by atomic mass is 9.85. The summed E-state index contributed by atoms with van der Waals surface area (Å²) in [5.41, 5.74) is 0.609. The number of amides is 1. The fourth-order valence-electron chi connectivity index (χ4n) is 2.95. The van der Waals surface area contributed by atoms with Crippen molar-refractivity contribution in [2.45, 2.75) is 58.2 Å². The first kappa shape index (κ1) is 19.2. The molecule has 25 heavy (non-hydrogen) atoms. The van der Waals surface area contributed by atoms with Gasteiger partial charge in [-0.3, -0.25) is 14.5 Å². The van der Waals surface area contributed by atoms with Crippen LogP contribution < -0.4 is 10.1 Å². The van der Waals surface area contributed by atoms with Gasteiger partial charge in [-0.05, 0) is 57.0 Å². The van der Waals surface area contributed by atoms with Crippen LogP contribution in [0.25, 0.3) is 0 Å². The van der Waals surface area contributed by atoms with E-state index in [1.54, 1.807) is 12.1 Å². The highest BCUT2D eigenvalue weighted by molar-refractivity contribution is 5.94. The molecule has 1 atom stereocenters. The molecule has 1 unspecified atom stereocenters. The molecule has 138 valence electrons. The van der Waals surface area contributed by atoms with Crippen molar-refractivity contribution in [3.05, 3.63) is 29.8 Å². The molecule has 1 aliphatic carbocycles. The number of carboxylic acid groups (broad SMARTS) is 1. The topological polar surface area (TPSA) is 78.9 Å². The molecule has 0 spiro atoms. The molecular formula is C19H28N2O4. The lowest BCUT2D eigenvalue weighted by Crippen LogP contribution is -2.54. The van der Waals surface area contributed by atoms with Crippen molar-refractivity contribution < 1.29 is 19.4 Å². The predicted molar refractivity (Wildman–Crippen MR) is 96.0 cm³/mol. The first-order valence-corrected chi connectivity index (χ1v) is 8.96. The lowest BCUT2D eigenvalue weighted by molar-refractivity contribution is -0.139. The van der Waals surface area contributed by atoms with E-state index in [0.29, 0.717) is 12.1 Å². The molecule has 1 fully saturated rings. The van der Waals surface area contributed by atoms with Crippen LogP contribution in [0.1, 0.15) is 50.4 Å². The standard InChI is InChI=1S/C19H28N2O4/c1-4-13(3)25-17-8-6-14(7-9-17)19(24)20-15-10-16(11-15)21(5-2)12-18(22)23/h6-9,13,15-16H,4-5,10-12H2,1-3H3,(H,20,24)(H,22,23). The van der Waals surface area contributed by atoms with Gasteiger partial charge in [0, 0.05) is 17.6 Å². The smallest absolute Gasteiger partial charge is 0.317 e. The Balaban J connectivity index is 1.80. The Morgan fingerprint density at radius 1 is 1.28 bits per heavy atom. The number of aliphatic carboxylic acids is 1. The monoisotopic (exact) mass is 348 g/mol. The van der Waals surface area contributed by atoms with Crippen molar-refractivity contribution in [1.29, 1.82) is 0 Å². The SMILES string of the molecule is CCC(C)Oc1ccc(C(=O)NC2CC(N(CC)CC(=O)O)C2)cc1. The minimum atomic E-state index is -0.811. The molecule has 0 radical (unpaired) electrons. The quantitative estimate of drug-likeness (QED) is 0.717. The van der Waals surface area contributed by atoms with Crippen LogP contribution in [0.2, 0.25) is 0 Å². The zero-order chi connectivity index (χ0) is 18.4. The highest BCUT2D eigenvalue weighted by Crippen LogP contribution is 2.26. The number of ether oxygens (including phenoxy) is 1. The molecule has 1 amide bonds. The second-order valence-corrected chi connectivity index (χ2v) is 6.61. The van der Waals surface area contributed by atoms with Crippen LogP contribution in [0.15, 0.2) is 24.3 Å². The summed E-state index contributed by atoms with van der Waals surface area (Å²) in [6, 6.07) is 7.51. The van der Waals surface area contributed by atoms with Crippen molar-refractivity contribution in [2.24, 2.45) is 0 Å². The third kappa shape index (κ3) is 5.46. The maximum atomic E-state index is 12.3. The van der Waals surface area contributed by atoms with Gasteiger partial charge in [-0.2, -0.15) is 0 Å². The average Bonchev–Trinajstić information content (AvgIpc) is 2.56. The Kier molecular flexibility index (Phi) is 6.82. The summed E-state index contributed by atoms with van der Waals surface area (Å²) in [6.07, 6.45) is 2.67. The van der Waals surface area contributed by atoms with Gasteiger partial charge in [0.25, 0.3) is 5.91 Å². The van der Waals surface area contributed by atoms with Gasteiger partial charge in [0.1, 0.15) is 5.75 Å². The van der Waals surface area contributed by atoms with Gasteiger partial charge in [0.2, 0.25) is 0 Å². The van der Waals surface area contributed by atoms with Gasteiger partial charge < -0.3 is 15.2 Å². The molecule has 1 aromatic rings. The van der Waals surface area contributed by atoms with Gasteiger partial charge in [-0.25, -0.2) is 0 Å². The lowest BCUT2D eigenvalue weighted by Gasteiger charge is -2.42. The zero-order valence-corrected chi connectivity index (χ0v) is 15.2. The minimum Gasteiger partial charge on any atom is -0.491 e. The van der Waals surface area contributed by atoms with Crippen molar-refractivity contribution in [1.82, 2.24) is 10.2 Å². The molecule has 6 heteroatoms. The summed E-state index contributed by atoms with van der Waals surface area (Å²) in [4.78, 5) is 25.1. The van der Waals surface area contributed by atoms with Gasteiger partial charge in [-0.15, -0.1) is 0 Å². The Morgan fingerprint density at radius 2 is 1.92 bits per heavy atom. The van der Waals surface area contributed by atoms with E-state index < -0.39 is 5.97 Å². The fraction of sp³-hybridized carbons (Fsp3) is 0.579. The number of likely N-dealkylation sites (N-methyl/N-ethyl adjacent to an activating group) is 1. The van der Waals surface area contributed by atoms with Crippen LogP contribution in [0.5, 0.6) is 5.75 Å². The van der Waals surface area contributed by atoms with Crippen molar-refractivity contribution in [3.63, 3.8) is 0 Å². The number of nitrogens with one attached hydrogen (secondary N) is 1. The number of carbonyl (C=O) groups is 2. The van der Waals surface area contributed by atoms with E-state index in [1.165, 1.54) is 0 Å². The Morgan fingerprint density at radius 3 is 2.44 bits per heavy atom. The van der Waals surface area contributed by atoms with Gasteiger partial charge in [-0.1, -0.05) is 13.8 Å². The molecule has 0 saturated heterocycles. The Bertz CT molecular complexity index is 582. The van der Waals surface area contributed by atoms with E-state index in [1.807, 2.05) is 30.9 Å². The van der Waals surface area contributed by atoms with E-state index in [4.69, 9.17) is 9.84 Å². The van der Waals surface area contributed by atoms with Gasteiger partial charge in [0.05, 0.1) is 12.6 Å². The van der Waals surface area contributed by atoms with E-state index in [9.17, 15) is 9.59 Å². The summed E-state index contributed by atoms with van der Waals surface area (Å²) >= 11 is 0. The molecule has 2 rings (SSSR count). The fourth-order valence-corrected chi connectivity index (χ4v) is 2.95. The first-order chi connectivity index (χ1) is 11.9. The van der Waals surface area contributed by atoms with Crippen molar-refractivity contribution in [3.8, 4) is 5.75 Å². The normalized spacial score (nSPS) is 20.6. The molecule has 0 bridgehead atoms. The summed E-state index contributed by atoms with van der Waals surface area (Å²) < 4.78 is 5.71. The molecular weight excluding hydrogens is 320 g/mol. The summed E-state index contributed by atoms with van der Waals surface area (Å²) in [5.74, 6) is -0.143. The predicted octanol–water partition coefficient (Wildman–Crippen LogP) is 2.53. The van der Waals surface area contributed by atoms with E-state index in [-0.39, 0.29) is 30.6 Å². The molecule has 0 aromatic heterocycles. The van der Waals surface area contributed by atoms with E-state index >= 15 is 0 Å². The van der Waals surface area contributed by atoms with Gasteiger partial charge >= 0.3 is 5.97 Å². The molecule has 1 aliphatic rings. The second-order valence-electron chi connectivity index (χ2n) is 6.61. The third-order valence-electron chi connectivity index (χ3n) is 4.74. The number of hydrogen-bond donors (Lipinski definition) is 2. The Labute approximate surface area is 149 Å². The maximum Gasteiger partial charge on any atom is 0.317 e. The summed E-state index contributed by atoms with van der Waals surface area (Å²) in [7, 11) is 0. The molecule has 1 saturated carbocycles. The molecule has 0 aliphatic heterocycles. The summed E-state index contributed by atoms with van der Waals surface area (Å²) in [5, 5.41) is 11.9. The molecule has 2 N–H and O–H groups in total. The van der Waals surface area contributed by atoms with Gasteiger partial charge in [0.15, 0.2) is 0 Å². The third-order valence-corrected chi connectivity index (χ3v) is 4.74. The number of rotatable bonds is 9. The van der Waals surface area contributed by atoms with E-state index in [0.717, 1.165) is 25.0 Å². The first-order valence-electron chi connectivity index (χ1n) is 8.96. The maximum absolute atomic E-state index is 12.3. The summed E-state index contributed by atoms with van der Waals surface area (Å²) in [6.45, 7) is 6.79. The van der Waals surface area contributed by atoms with Crippen molar-refractivity contribution in [2.75, 3.05) is 13.1 Å². The average molecular weight is 348 g/mol. The number of nitrogens with zero attached hydrogens (tertiary/aromatic N) is 1. The zero-order valence-electron chi connectivity index (χ0n) is 15.2. The Hall–Kier alpha value is -2.08. The van der Waals surface area contributed by atoms with Crippen LogP contribution in [-0.2, 0) is 4.79 Å². The van der Waals surface area contributed by atoms with Crippen LogP contribution in [0.4, 0.5) is 0 Å². The molecule has 0 heterocycles. The van der Waals surface area contributed by atoms with E-state index in [2.05, 4.69) is 12.2 Å². The van der Waals surface area contributed by atoms with Crippen molar-refractivity contribution >= 4 is 11.9 Å². The number of carboxylic acids is 1. The van der Waals surface area contributed by atoms with Crippen LogP contribution in [0.3, 0.4) is 0 Å². The molecule has 6 nitrogen and oxygen atoms in total. The number of carbonyl (C=O) groups excluding carboxylic acids is 1.